The van der Waals surface area contributed by atoms with Gasteiger partial charge in [-0.05, 0) is 56.5 Å². The van der Waals surface area contributed by atoms with Gasteiger partial charge in [0.1, 0.15) is 11.0 Å². The van der Waals surface area contributed by atoms with E-state index < -0.39 is 21.2 Å². The molecule has 32 heavy (non-hydrogen) atoms. The molecule has 2 aromatic rings. The summed E-state index contributed by atoms with van der Waals surface area (Å²) in [5.41, 5.74) is 2.84. The number of thioether (sulfide) groups is 1. The number of sulfonamides is 1. The standard InChI is InChI=1S/C24H33NO5S2/c1-5-7-23(20-10-8-18(3)9-11-20)32(27,28)25-14-15-31-21-12-13-22(19(4)16-21)30-17-24(26)29-6-2/h8-13,16,23,25H,5-7,14-15,17H2,1-4H3. The van der Waals surface area contributed by atoms with Gasteiger partial charge in [-0.3, -0.25) is 0 Å². The van der Waals surface area contributed by atoms with Gasteiger partial charge in [-0.15, -0.1) is 11.8 Å². The second-order valence-electron chi connectivity index (χ2n) is 7.50. The molecule has 0 aliphatic heterocycles. The highest BCUT2D eigenvalue weighted by Crippen LogP contribution is 2.28. The molecule has 2 aromatic carbocycles. The van der Waals surface area contributed by atoms with Crippen molar-refractivity contribution >= 4 is 27.8 Å². The molecule has 0 aliphatic carbocycles. The molecule has 0 saturated carbocycles. The topological polar surface area (TPSA) is 81.7 Å². The number of benzene rings is 2. The summed E-state index contributed by atoms with van der Waals surface area (Å²) in [5, 5.41) is -0.545. The van der Waals surface area contributed by atoms with Crippen LogP contribution in [-0.2, 0) is 19.6 Å². The molecule has 0 spiro atoms. The van der Waals surface area contributed by atoms with Crippen molar-refractivity contribution < 1.29 is 22.7 Å². The molecule has 0 heterocycles. The molecule has 0 aliphatic rings. The van der Waals surface area contributed by atoms with Crippen molar-refractivity contribution in [1.29, 1.82) is 0 Å². The summed E-state index contributed by atoms with van der Waals surface area (Å²) >= 11 is 1.57. The number of rotatable bonds is 13. The van der Waals surface area contributed by atoms with Crippen LogP contribution in [0.15, 0.2) is 47.4 Å². The third kappa shape index (κ3) is 8.15. The van der Waals surface area contributed by atoms with Crippen LogP contribution in [0.2, 0.25) is 0 Å². The van der Waals surface area contributed by atoms with Gasteiger partial charge in [-0.1, -0.05) is 43.2 Å². The van der Waals surface area contributed by atoms with E-state index in [-0.39, 0.29) is 6.61 Å². The van der Waals surface area contributed by atoms with E-state index >= 15 is 0 Å². The Kier molecular flexibility index (Phi) is 10.5. The van der Waals surface area contributed by atoms with Crippen LogP contribution < -0.4 is 9.46 Å². The number of hydrogen-bond donors (Lipinski definition) is 1. The highest BCUT2D eigenvalue weighted by molar-refractivity contribution is 7.99. The van der Waals surface area contributed by atoms with E-state index in [0.717, 1.165) is 28.0 Å². The second-order valence-corrected chi connectivity index (χ2v) is 10.6. The van der Waals surface area contributed by atoms with Gasteiger partial charge >= 0.3 is 5.97 Å². The molecule has 2 rings (SSSR count). The number of esters is 1. The predicted molar refractivity (Wildman–Crippen MR) is 130 cm³/mol. The first kappa shape index (κ1) is 26.2. The molecular weight excluding hydrogens is 446 g/mol. The van der Waals surface area contributed by atoms with Crippen LogP contribution in [0.4, 0.5) is 0 Å². The Morgan fingerprint density at radius 2 is 1.81 bits per heavy atom. The molecule has 0 bridgehead atoms. The Labute approximate surface area is 196 Å². The van der Waals surface area contributed by atoms with Gasteiger partial charge in [-0.2, -0.15) is 0 Å². The molecule has 1 atom stereocenters. The summed E-state index contributed by atoms with van der Waals surface area (Å²) in [4.78, 5) is 12.4. The first-order valence-corrected chi connectivity index (χ1v) is 13.4. The lowest BCUT2D eigenvalue weighted by molar-refractivity contribution is -0.145. The largest absolute Gasteiger partial charge is 0.482 e. The quantitative estimate of drug-likeness (QED) is 0.253. The number of aryl methyl sites for hydroxylation is 2. The molecule has 6 nitrogen and oxygen atoms in total. The average Bonchev–Trinajstić information content (AvgIpc) is 2.75. The number of carbonyl (C=O) groups is 1. The highest BCUT2D eigenvalue weighted by Gasteiger charge is 2.25. The summed E-state index contributed by atoms with van der Waals surface area (Å²) in [6.45, 7) is 8.19. The monoisotopic (exact) mass is 479 g/mol. The Morgan fingerprint density at radius 1 is 1.09 bits per heavy atom. The van der Waals surface area contributed by atoms with Crippen molar-refractivity contribution in [1.82, 2.24) is 4.72 Å². The number of nitrogens with one attached hydrogen (secondary N) is 1. The third-order valence-corrected chi connectivity index (χ3v) is 7.70. The zero-order chi connectivity index (χ0) is 23.6. The highest BCUT2D eigenvalue weighted by atomic mass is 32.2. The van der Waals surface area contributed by atoms with E-state index in [4.69, 9.17) is 9.47 Å². The van der Waals surface area contributed by atoms with Gasteiger partial charge in [-0.25, -0.2) is 17.9 Å². The molecule has 1 N–H and O–H groups in total. The molecular formula is C24H33NO5S2. The van der Waals surface area contributed by atoms with Crippen LogP contribution in [0, 0.1) is 13.8 Å². The molecule has 0 aromatic heterocycles. The molecule has 8 heteroatoms. The Bertz CT molecular complexity index is 974. The van der Waals surface area contributed by atoms with Crippen LogP contribution in [-0.4, -0.2) is 39.9 Å². The van der Waals surface area contributed by atoms with E-state index in [1.165, 1.54) is 0 Å². The Hall–Kier alpha value is -2.03. The van der Waals surface area contributed by atoms with Gasteiger partial charge in [0.15, 0.2) is 6.61 Å². The van der Waals surface area contributed by atoms with E-state index in [1.54, 1.807) is 18.7 Å². The summed E-state index contributed by atoms with van der Waals surface area (Å²) in [5.74, 6) is 0.835. The maximum Gasteiger partial charge on any atom is 0.344 e. The van der Waals surface area contributed by atoms with Crippen LogP contribution in [0.1, 0.15) is 48.6 Å². The van der Waals surface area contributed by atoms with E-state index in [9.17, 15) is 13.2 Å². The number of carbonyl (C=O) groups excluding carboxylic acids is 1. The van der Waals surface area contributed by atoms with E-state index in [0.29, 0.717) is 31.1 Å². The summed E-state index contributed by atoms with van der Waals surface area (Å²) in [6.07, 6.45) is 1.37. The molecule has 0 fully saturated rings. The van der Waals surface area contributed by atoms with Crippen molar-refractivity contribution in [3.05, 3.63) is 59.2 Å². The normalized spacial score (nSPS) is 12.4. The summed E-state index contributed by atoms with van der Waals surface area (Å²) in [7, 11) is -3.47. The fourth-order valence-electron chi connectivity index (χ4n) is 3.21. The Balaban J connectivity index is 1.89. The number of ether oxygens (including phenoxy) is 2. The lowest BCUT2D eigenvalue weighted by atomic mass is 10.1. The number of hydrogen-bond acceptors (Lipinski definition) is 6. The molecule has 0 radical (unpaired) electrons. The first-order chi connectivity index (χ1) is 15.3. The lowest BCUT2D eigenvalue weighted by Gasteiger charge is -2.18. The van der Waals surface area contributed by atoms with Gasteiger partial charge in [0.2, 0.25) is 10.0 Å². The zero-order valence-electron chi connectivity index (χ0n) is 19.2. The van der Waals surface area contributed by atoms with Crippen molar-refractivity contribution in [2.75, 3.05) is 25.5 Å². The van der Waals surface area contributed by atoms with Gasteiger partial charge in [0.05, 0.1) is 6.61 Å². The van der Waals surface area contributed by atoms with Crippen LogP contribution in [0.25, 0.3) is 0 Å². The minimum atomic E-state index is -3.47. The summed E-state index contributed by atoms with van der Waals surface area (Å²) in [6, 6.07) is 13.4. The van der Waals surface area contributed by atoms with E-state index in [2.05, 4.69) is 4.72 Å². The molecule has 176 valence electrons. The predicted octanol–water partition coefficient (Wildman–Crippen LogP) is 4.80. The van der Waals surface area contributed by atoms with Crippen LogP contribution in [0.5, 0.6) is 5.75 Å². The SMILES string of the molecule is CCCC(c1ccc(C)cc1)S(=O)(=O)NCCSc1ccc(OCC(=O)OCC)c(C)c1. The molecule has 1 unspecified atom stereocenters. The fourth-order valence-corrected chi connectivity index (χ4v) is 5.85. The third-order valence-electron chi connectivity index (χ3n) is 4.85. The maximum atomic E-state index is 12.9. The minimum Gasteiger partial charge on any atom is -0.482 e. The van der Waals surface area contributed by atoms with Gasteiger partial charge < -0.3 is 9.47 Å². The van der Waals surface area contributed by atoms with Crippen LogP contribution in [0.3, 0.4) is 0 Å². The molecule has 0 amide bonds. The fraction of sp³-hybridized carbons (Fsp3) is 0.458. The Morgan fingerprint density at radius 3 is 2.44 bits per heavy atom. The van der Waals surface area contributed by atoms with Gasteiger partial charge in [0.25, 0.3) is 0 Å². The summed E-state index contributed by atoms with van der Waals surface area (Å²) < 4.78 is 39.0. The maximum absolute atomic E-state index is 12.9. The van der Waals surface area contributed by atoms with Crippen molar-refractivity contribution in [2.24, 2.45) is 0 Å². The smallest absolute Gasteiger partial charge is 0.344 e. The zero-order valence-corrected chi connectivity index (χ0v) is 20.9. The second kappa shape index (κ2) is 12.9. The van der Waals surface area contributed by atoms with Gasteiger partial charge in [0, 0.05) is 17.2 Å². The van der Waals surface area contributed by atoms with Crippen molar-refractivity contribution in [3.8, 4) is 5.75 Å². The minimum absolute atomic E-state index is 0.122. The lowest BCUT2D eigenvalue weighted by Crippen LogP contribution is -2.31. The average molecular weight is 480 g/mol. The van der Waals surface area contributed by atoms with Crippen molar-refractivity contribution in [2.45, 2.75) is 50.7 Å². The van der Waals surface area contributed by atoms with Crippen molar-refractivity contribution in [3.63, 3.8) is 0 Å². The molecule has 0 saturated heterocycles. The first-order valence-electron chi connectivity index (χ1n) is 10.8. The van der Waals surface area contributed by atoms with Crippen LogP contribution >= 0.6 is 11.8 Å². The van der Waals surface area contributed by atoms with E-state index in [1.807, 2.05) is 63.2 Å².